The first-order chi connectivity index (χ1) is 11.0. The molecule has 2 amide bonds. The van der Waals surface area contributed by atoms with Gasteiger partial charge < -0.3 is 10.6 Å². The number of amides is 2. The number of aromatic nitrogens is 1. The van der Waals surface area contributed by atoms with Crippen LogP contribution in [0.5, 0.6) is 0 Å². The quantitative estimate of drug-likeness (QED) is 0.903. The van der Waals surface area contributed by atoms with Crippen LogP contribution in [0.25, 0.3) is 0 Å². The third-order valence-corrected chi connectivity index (χ3v) is 4.40. The topological polar surface area (TPSA) is 71.1 Å². The van der Waals surface area contributed by atoms with Gasteiger partial charge in [0.15, 0.2) is 5.13 Å². The minimum absolute atomic E-state index is 0.0970. The molecule has 1 aromatic heterocycles. The standard InChI is InChI=1S/C15H13F2N3O2S/c16-9-4-3-8(10(17)7-9)6-12(21)20-15-19-11-2-1-5-18-14(22)13(11)23-15/h3-4,7H,1-2,5-6H2,(H,18,22)(H,19,20,21). The fraction of sp³-hybridized carbons (Fsp3) is 0.267. The summed E-state index contributed by atoms with van der Waals surface area (Å²) >= 11 is 1.09. The lowest BCUT2D eigenvalue weighted by atomic mass is 10.1. The molecular weight excluding hydrogens is 324 g/mol. The van der Waals surface area contributed by atoms with Crippen molar-refractivity contribution in [2.24, 2.45) is 0 Å². The van der Waals surface area contributed by atoms with Gasteiger partial charge in [-0.2, -0.15) is 0 Å². The van der Waals surface area contributed by atoms with Crippen LogP contribution < -0.4 is 10.6 Å². The Kier molecular flexibility index (Phi) is 4.33. The molecule has 1 aliphatic heterocycles. The highest BCUT2D eigenvalue weighted by Gasteiger charge is 2.21. The summed E-state index contributed by atoms with van der Waals surface area (Å²) in [6.07, 6.45) is 1.21. The molecule has 0 spiro atoms. The molecule has 0 aliphatic carbocycles. The number of nitrogens with zero attached hydrogens (tertiary/aromatic N) is 1. The summed E-state index contributed by atoms with van der Waals surface area (Å²) in [5, 5.41) is 5.62. The van der Waals surface area contributed by atoms with Crippen molar-refractivity contribution in [2.45, 2.75) is 19.3 Å². The Balaban J connectivity index is 1.71. The number of rotatable bonds is 3. The molecule has 8 heteroatoms. The Morgan fingerprint density at radius 1 is 1.39 bits per heavy atom. The van der Waals surface area contributed by atoms with Crippen LogP contribution in [0.4, 0.5) is 13.9 Å². The maximum atomic E-state index is 13.5. The Bertz CT molecular complexity index is 776. The lowest BCUT2D eigenvalue weighted by Crippen LogP contribution is -2.21. The van der Waals surface area contributed by atoms with Gasteiger partial charge in [-0.1, -0.05) is 17.4 Å². The van der Waals surface area contributed by atoms with Gasteiger partial charge in [0.2, 0.25) is 5.91 Å². The van der Waals surface area contributed by atoms with Gasteiger partial charge in [-0.05, 0) is 24.5 Å². The SMILES string of the molecule is O=C(Cc1ccc(F)cc1F)Nc1nc2c(s1)C(=O)NCCC2. The zero-order chi connectivity index (χ0) is 16.4. The van der Waals surface area contributed by atoms with E-state index >= 15 is 0 Å². The van der Waals surface area contributed by atoms with Crippen molar-refractivity contribution in [3.63, 3.8) is 0 Å². The van der Waals surface area contributed by atoms with Gasteiger partial charge in [-0.3, -0.25) is 9.59 Å². The lowest BCUT2D eigenvalue weighted by molar-refractivity contribution is -0.115. The van der Waals surface area contributed by atoms with E-state index in [2.05, 4.69) is 15.6 Å². The predicted molar refractivity (Wildman–Crippen MR) is 81.5 cm³/mol. The van der Waals surface area contributed by atoms with Gasteiger partial charge in [-0.25, -0.2) is 13.8 Å². The van der Waals surface area contributed by atoms with E-state index in [4.69, 9.17) is 0 Å². The fourth-order valence-corrected chi connectivity index (χ4v) is 3.24. The first kappa shape index (κ1) is 15.5. The van der Waals surface area contributed by atoms with Gasteiger partial charge in [-0.15, -0.1) is 0 Å². The van der Waals surface area contributed by atoms with Crippen molar-refractivity contribution in [2.75, 3.05) is 11.9 Å². The number of fused-ring (bicyclic) bond motifs is 1. The molecule has 0 atom stereocenters. The lowest BCUT2D eigenvalue weighted by Gasteiger charge is -2.03. The summed E-state index contributed by atoms with van der Waals surface area (Å²) in [6, 6.07) is 3.06. The summed E-state index contributed by atoms with van der Waals surface area (Å²) in [6.45, 7) is 0.605. The van der Waals surface area contributed by atoms with Crippen LogP contribution in [0.1, 0.15) is 27.3 Å². The Hall–Kier alpha value is -2.35. The van der Waals surface area contributed by atoms with Crippen LogP contribution in [0.15, 0.2) is 18.2 Å². The minimum Gasteiger partial charge on any atom is -0.351 e. The molecule has 2 heterocycles. The zero-order valence-electron chi connectivity index (χ0n) is 12.0. The van der Waals surface area contributed by atoms with Crippen LogP contribution in [-0.2, 0) is 17.6 Å². The highest BCUT2D eigenvalue weighted by atomic mass is 32.1. The molecule has 23 heavy (non-hydrogen) atoms. The number of hydrogen-bond donors (Lipinski definition) is 2. The molecule has 1 aromatic carbocycles. The van der Waals surface area contributed by atoms with E-state index in [-0.39, 0.29) is 17.9 Å². The van der Waals surface area contributed by atoms with Gasteiger partial charge in [0.1, 0.15) is 16.5 Å². The van der Waals surface area contributed by atoms with Crippen molar-refractivity contribution in [3.8, 4) is 0 Å². The summed E-state index contributed by atoms with van der Waals surface area (Å²) < 4.78 is 26.4. The van der Waals surface area contributed by atoms with Gasteiger partial charge in [0.25, 0.3) is 5.91 Å². The van der Waals surface area contributed by atoms with Crippen molar-refractivity contribution in [1.82, 2.24) is 10.3 Å². The first-order valence-electron chi connectivity index (χ1n) is 7.04. The Morgan fingerprint density at radius 3 is 3.00 bits per heavy atom. The predicted octanol–water partition coefficient (Wildman–Crippen LogP) is 2.28. The second kappa shape index (κ2) is 6.41. The number of halogens is 2. The normalized spacial score (nSPS) is 13.9. The number of anilines is 1. The molecule has 0 unspecified atom stereocenters. The summed E-state index contributed by atoms with van der Waals surface area (Å²) in [5.74, 6) is -2.13. The van der Waals surface area contributed by atoms with Crippen LogP contribution in [0.3, 0.4) is 0 Å². The van der Waals surface area contributed by atoms with Crippen LogP contribution in [0, 0.1) is 11.6 Å². The second-order valence-corrected chi connectivity index (χ2v) is 6.11. The van der Waals surface area contributed by atoms with Gasteiger partial charge in [0, 0.05) is 12.6 Å². The average molecular weight is 337 g/mol. The molecule has 120 valence electrons. The van der Waals surface area contributed by atoms with Crippen molar-refractivity contribution < 1.29 is 18.4 Å². The second-order valence-electron chi connectivity index (χ2n) is 5.11. The fourth-order valence-electron chi connectivity index (χ4n) is 2.29. The number of hydrogen-bond acceptors (Lipinski definition) is 4. The van der Waals surface area contributed by atoms with Gasteiger partial charge >= 0.3 is 0 Å². The third-order valence-electron chi connectivity index (χ3n) is 3.39. The molecule has 0 bridgehead atoms. The van der Waals surface area contributed by atoms with E-state index in [0.717, 1.165) is 29.9 Å². The Labute approximate surface area is 134 Å². The molecule has 0 radical (unpaired) electrons. The zero-order valence-corrected chi connectivity index (χ0v) is 12.8. The van der Waals surface area contributed by atoms with E-state index in [1.807, 2.05) is 0 Å². The minimum atomic E-state index is -0.769. The van der Waals surface area contributed by atoms with Crippen molar-refractivity contribution in [1.29, 1.82) is 0 Å². The molecular formula is C15H13F2N3O2S. The molecule has 1 aliphatic rings. The van der Waals surface area contributed by atoms with Crippen LogP contribution in [0.2, 0.25) is 0 Å². The summed E-state index contributed by atoms with van der Waals surface area (Å²) in [5.41, 5.74) is 0.757. The van der Waals surface area contributed by atoms with E-state index in [0.29, 0.717) is 28.7 Å². The smallest absolute Gasteiger partial charge is 0.263 e. The average Bonchev–Trinajstić information content (AvgIpc) is 2.81. The number of nitrogens with one attached hydrogen (secondary N) is 2. The van der Waals surface area contributed by atoms with Crippen LogP contribution >= 0.6 is 11.3 Å². The molecule has 0 fully saturated rings. The maximum Gasteiger partial charge on any atom is 0.263 e. The van der Waals surface area contributed by atoms with E-state index in [1.54, 1.807) is 0 Å². The maximum absolute atomic E-state index is 13.5. The number of thiazole rings is 1. The number of carbonyl (C=O) groups is 2. The molecule has 5 nitrogen and oxygen atoms in total. The molecule has 0 saturated heterocycles. The Morgan fingerprint density at radius 2 is 2.22 bits per heavy atom. The highest BCUT2D eigenvalue weighted by molar-refractivity contribution is 7.17. The van der Waals surface area contributed by atoms with Crippen molar-refractivity contribution >= 4 is 28.3 Å². The summed E-state index contributed by atoms with van der Waals surface area (Å²) in [4.78, 5) is 28.6. The molecule has 3 rings (SSSR count). The first-order valence-corrected chi connectivity index (χ1v) is 7.86. The third kappa shape index (κ3) is 3.53. The molecule has 2 N–H and O–H groups in total. The number of benzene rings is 1. The summed E-state index contributed by atoms with van der Waals surface area (Å²) in [7, 11) is 0. The molecule has 0 saturated carbocycles. The monoisotopic (exact) mass is 337 g/mol. The number of carbonyl (C=O) groups excluding carboxylic acids is 2. The number of aryl methyl sites for hydroxylation is 1. The van der Waals surface area contributed by atoms with Crippen LogP contribution in [-0.4, -0.2) is 23.3 Å². The van der Waals surface area contributed by atoms with Crippen molar-refractivity contribution in [3.05, 3.63) is 46.0 Å². The van der Waals surface area contributed by atoms with Gasteiger partial charge in [0.05, 0.1) is 12.1 Å². The van der Waals surface area contributed by atoms with E-state index in [1.165, 1.54) is 6.07 Å². The van der Waals surface area contributed by atoms with E-state index < -0.39 is 17.5 Å². The van der Waals surface area contributed by atoms with E-state index in [9.17, 15) is 18.4 Å². The molecule has 2 aromatic rings. The largest absolute Gasteiger partial charge is 0.351 e. The highest BCUT2D eigenvalue weighted by Crippen LogP contribution is 2.25.